The van der Waals surface area contributed by atoms with Crippen molar-refractivity contribution in [1.82, 2.24) is 0 Å². The number of fused-ring (bicyclic) bond motifs is 1. The Bertz CT molecular complexity index is 460. The van der Waals surface area contributed by atoms with E-state index < -0.39 is 0 Å². The van der Waals surface area contributed by atoms with Gasteiger partial charge in [-0.05, 0) is 37.0 Å². The third kappa shape index (κ3) is 2.37. The Balaban J connectivity index is 0.00000144. The molecule has 0 aromatic heterocycles. The fourth-order valence-corrected chi connectivity index (χ4v) is 2.33. The average molecular weight is 257 g/mol. The first kappa shape index (κ1) is 13.8. The van der Waals surface area contributed by atoms with Crippen LogP contribution in [0.5, 0.6) is 5.75 Å². The zero-order valence-corrected chi connectivity index (χ0v) is 10.7. The van der Waals surface area contributed by atoms with Crippen LogP contribution in [0.4, 0.5) is 5.69 Å². The summed E-state index contributed by atoms with van der Waals surface area (Å²) in [5.74, 6) is -0.0676. The molecule has 0 saturated carbocycles. The largest absolute Gasteiger partial charge is 0.505 e. The Morgan fingerprint density at radius 1 is 1.59 bits per heavy atom. The zero-order chi connectivity index (χ0) is 11.9. The van der Waals surface area contributed by atoms with E-state index in [1.54, 1.807) is 6.07 Å². The van der Waals surface area contributed by atoms with Crippen LogP contribution in [0, 0.1) is 6.92 Å². The first-order valence-corrected chi connectivity index (χ1v) is 5.39. The SMILES string of the molecule is CC(=O)Nc1cc(C)c2c(c1O)C(N)CC2.Cl. The van der Waals surface area contributed by atoms with E-state index >= 15 is 0 Å². The molecule has 1 aromatic carbocycles. The number of aromatic hydroxyl groups is 1. The predicted molar refractivity (Wildman–Crippen MR) is 69.6 cm³/mol. The number of rotatable bonds is 1. The number of hydrogen-bond donors (Lipinski definition) is 3. The first-order chi connectivity index (χ1) is 7.50. The molecular weight excluding hydrogens is 240 g/mol. The maximum atomic E-state index is 11.0. The van der Waals surface area contributed by atoms with Gasteiger partial charge in [0.2, 0.25) is 5.91 Å². The Labute approximate surface area is 107 Å². The Morgan fingerprint density at radius 3 is 2.82 bits per heavy atom. The second kappa shape index (κ2) is 4.94. The van der Waals surface area contributed by atoms with Gasteiger partial charge < -0.3 is 16.2 Å². The number of phenols is 1. The molecule has 2 rings (SSSR count). The number of phenolic OH excluding ortho intramolecular Hbond substituents is 1. The molecule has 0 saturated heterocycles. The van der Waals surface area contributed by atoms with Gasteiger partial charge in [0.1, 0.15) is 5.75 Å². The van der Waals surface area contributed by atoms with Gasteiger partial charge >= 0.3 is 0 Å². The molecule has 0 spiro atoms. The minimum absolute atomic E-state index is 0. The van der Waals surface area contributed by atoms with Gasteiger partial charge in [-0.3, -0.25) is 4.79 Å². The van der Waals surface area contributed by atoms with Gasteiger partial charge in [0, 0.05) is 18.5 Å². The lowest BCUT2D eigenvalue weighted by Crippen LogP contribution is -2.10. The summed E-state index contributed by atoms with van der Waals surface area (Å²) < 4.78 is 0. The molecule has 1 aromatic rings. The molecule has 1 amide bonds. The minimum atomic E-state index is -0.193. The minimum Gasteiger partial charge on any atom is -0.505 e. The fraction of sp³-hybridized carbons (Fsp3) is 0.417. The van der Waals surface area contributed by atoms with Crippen LogP contribution in [0.3, 0.4) is 0 Å². The van der Waals surface area contributed by atoms with Crippen molar-refractivity contribution in [3.63, 3.8) is 0 Å². The molecule has 17 heavy (non-hydrogen) atoms. The number of nitrogens with one attached hydrogen (secondary N) is 1. The van der Waals surface area contributed by atoms with Crippen molar-refractivity contribution >= 4 is 24.0 Å². The number of anilines is 1. The molecule has 0 heterocycles. The van der Waals surface area contributed by atoms with E-state index in [2.05, 4.69) is 5.32 Å². The quantitative estimate of drug-likeness (QED) is 0.673. The summed E-state index contributed by atoms with van der Waals surface area (Å²) in [6.07, 6.45) is 1.75. The van der Waals surface area contributed by atoms with Gasteiger partial charge in [-0.15, -0.1) is 12.4 Å². The maximum absolute atomic E-state index is 11.0. The van der Waals surface area contributed by atoms with E-state index in [9.17, 15) is 9.90 Å². The third-order valence-electron chi connectivity index (χ3n) is 3.06. The number of halogens is 1. The lowest BCUT2D eigenvalue weighted by molar-refractivity contribution is -0.114. The number of amides is 1. The standard InChI is InChI=1S/C12H16N2O2.ClH/c1-6-5-10(14-7(2)15)12(16)11-8(6)3-4-9(11)13;/h5,9,16H,3-4,13H2,1-2H3,(H,14,15);1H. The Kier molecular flexibility index (Phi) is 4.01. The highest BCUT2D eigenvalue weighted by Gasteiger charge is 2.26. The molecule has 1 atom stereocenters. The lowest BCUT2D eigenvalue weighted by Gasteiger charge is -2.14. The van der Waals surface area contributed by atoms with Gasteiger partial charge in [0.25, 0.3) is 0 Å². The van der Waals surface area contributed by atoms with Crippen LogP contribution in [0.1, 0.15) is 36.1 Å². The van der Waals surface area contributed by atoms with E-state index in [1.807, 2.05) is 6.92 Å². The summed E-state index contributed by atoms with van der Waals surface area (Å²) in [5.41, 5.74) is 9.40. The molecule has 5 heteroatoms. The highest BCUT2D eigenvalue weighted by Crippen LogP contribution is 2.42. The van der Waals surface area contributed by atoms with E-state index in [1.165, 1.54) is 6.92 Å². The summed E-state index contributed by atoms with van der Waals surface area (Å²) in [6.45, 7) is 3.39. The van der Waals surface area contributed by atoms with Gasteiger partial charge in [-0.25, -0.2) is 0 Å². The molecule has 0 radical (unpaired) electrons. The summed E-state index contributed by atoms with van der Waals surface area (Å²) in [7, 11) is 0. The van der Waals surface area contributed by atoms with Crippen molar-refractivity contribution in [2.24, 2.45) is 5.73 Å². The summed E-state index contributed by atoms with van der Waals surface area (Å²) >= 11 is 0. The maximum Gasteiger partial charge on any atom is 0.221 e. The Hall–Kier alpha value is -1.26. The summed E-state index contributed by atoms with van der Waals surface area (Å²) in [5, 5.41) is 12.7. The number of carbonyl (C=O) groups is 1. The molecular formula is C12H17ClN2O2. The van der Waals surface area contributed by atoms with E-state index in [-0.39, 0.29) is 30.1 Å². The molecule has 1 aliphatic rings. The monoisotopic (exact) mass is 256 g/mol. The average Bonchev–Trinajstić information content (AvgIpc) is 2.56. The summed E-state index contributed by atoms with van der Waals surface area (Å²) in [6, 6.07) is 1.68. The van der Waals surface area contributed by atoms with Crippen molar-refractivity contribution in [3.05, 3.63) is 22.8 Å². The molecule has 4 nitrogen and oxygen atoms in total. The van der Waals surface area contributed by atoms with Gasteiger partial charge in [-0.2, -0.15) is 0 Å². The fourth-order valence-electron chi connectivity index (χ4n) is 2.33. The van der Waals surface area contributed by atoms with Crippen LogP contribution in [-0.4, -0.2) is 11.0 Å². The number of benzene rings is 1. The van der Waals surface area contributed by atoms with Gasteiger partial charge in [-0.1, -0.05) is 0 Å². The van der Waals surface area contributed by atoms with Crippen molar-refractivity contribution in [2.45, 2.75) is 32.7 Å². The molecule has 0 aliphatic heterocycles. The Morgan fingerprint density at radius 2 is 2.24 bits per heavy atom. The van der Waals surface area contributed by atoms with Crippen LogP contribution < -0.4 is 11.1 Å². The van der Waals surface area contributed by atoms with Crippen molar-refractivity contribution in [3.8, 4) is 5.75 Å². The van der Waals surface area contributed by atoms with Gasteiger partial charge in [0.05, 0.1) is 5.69 Å². The number of nitrogens with two attached hydrogens (primary N) is 1. The highest BCUT2D eigenvalue weighted by molar-refractivity contribution is 5.91. The van der Waals surface area contributed by atoms with Crippen molar-refractivity contribution < 1.29 is 9.90 Å². The highest BCUT2D eigenvalue weighted by atomic mass is 35.5. The lowest BCUT2D eigenvalue weighted by atomic mass is 10.0. The molecule has 0 bridgehead atoms. The molecule has 0 fully saturated rings. The molecule has 94 valence electrons. The van der Waals surface area contributed by atoms with Crippen LogP contribution in [0.15, 0.2) is 6.07 Å². The molecule has 1 unspecified atom stereocenters. The molecule has 4 N–H and O–H groups in total. The topological polar surface area (TPSA) is 75.3 Å². The smallest absolute Gasteiger partial charge is 0.221 e. The predicted octanol–water partition coefficient (Wildman–Crippen LogP) is 2.03. The van der Waals surface area contributed by atoms with E-state index in [0.717, 1.165) is 29.5 Å². The van der Waals surface area contributed by atoms with Gasteiger partial charge in [0.15, 0.2) is 0 Å². The van der Waals surface area contributed by atoms with Crippen molar-refractivity contribution in [2.75, 3.05) is 5.32 Å². The third-order valence-corrected chi connectivity index (χ3v) is 3.06. The normalized spacial score (nSPS) is 17.2. The van der Waals surface area contributed by atoms with E-state index in [4.69, 9.17) is 5.73 Å². The first-order valence-electron chi connectivity index (χ1n) is 5.39. The number of aryl methyl sites for hydroxylation is 1. The second-order valence-electron chi connectivity index (χ2n) is 4.31. The molecule has 1 aliphatic carbocycles. The van der Waals surface area contributed by atoms with Crippen LogP contribution in [0.2, 0.25) is 0 Å². The number of hydrogen-bond acceptors (Lipinski definition) is 3. The van der Waals surface area contributed by atoms with E-state index in [0.29, 0.717) is 5.69 Å². The second-order valence-corrected chi connectivity index (χ2v) is 4.31. The van der Waals surface area contributed by atoms with Crippen LogP contribution in [-0.2, 0) is 11.2 Å². The number of carbonyl (C=O) groups excluding carboxylic acids is 1. The zero-order valence-electron chi connectivity index (χ0n) is 9.91. The van der Waals surface area contributed by atoms with Crippen LogP contribution in [0.25, 0.3) is 0 Å². The van der Waals surface area contributed by atoms with Crippen molar-refractivity contribution in [1.29, 1.82) is 0 Å². The van der Waals surface area contributed by atoms with Crippen LogP contribution >= 0.6 is 12.4 Å². The summed E-state index contributed by atoms with van der Waals surface area (Å²) in [4.78, 5) is 11.0.